The first-order chi connectivity index (χ1) is 7.79. The lowest BCUT2D eigenvalue weighted by molar-refractivity contribution is 0.0994. The molecule has 0 saturated heterocycles. The molecule has 0 bridgehead atoms. The van der Waals surface area contributed by atoms with E-state index in [4.69, 9.17) is 0 Å². The number of hydrogen-bond donors (Lipinski definition) is 0. The number of thiophene rings is 1. The van der Waals surface area contributed by atoms with Gasteiger partial charge in [0.2, 0.25) is 0 Å². The molecule has 0 N–H and O–H groups in total. The van der Waals surface area contributed by atoms with Gasteiger partial charge in [0.15, 0.2) is 5.78 Å². The van der Waals surface area contributed by atoms with Crippen LogP contribution in [0.3, 0.4) is 0 Å². The monoisotopic (exact) mass is 230 g/mol. The maximum Gasteiger partial charge on any atom is 0.168 e. The van der Waals surface area contributed by atoms with Gasteiger partial charge in [-0.05, 0) is 18.6 Å². The van der Waals surface area contributed by atoms with Crippen LogP contribution < -0.4 is 0 Å². The van der Waals surface area contributed by atoms with E-state index in [0.29, 0.717) is 6.42 Å². The Balaban J connectivity index is 2.08. The van der Waals surface area contributed by atoms with Crippen LogP contribution in [-0.2, 0) is 12.8 Å². The summed E-state index contributed by atoms with van der Waals surface area (Å²) >= 11 is 1.74. The summed E-state index contributed by atoms with van der Waals surface area (Å²) in [5.74, 6) is 0.199. The van der Waals surface area contributed by atoms with Crippen LogP contribution in [0.4, 0.5) is 0 Å². The van der Waals surface area contributed by atoms with Crippen molar-refractivity contribution in [1.29, 1.82) is 0 Å². The van der Waals surface area contributed by atoms with Crippen molar-refractivity contribution in [2.24, 2.45) is 0 Å². The summed E-state index contributed by atoms with van der Waals surface area (Å²) in [6.07, 6.45) is 1.57. The minimum Gasteiger partial charge on any atom is -0.294 e. The van der Waals surface area contributed by atoms with Crippen molar-refractivity contribution in [3.8, 4) is 0 Å². The van der Waals surface area contributed by atoms with Crippen LogP contribution in [0.15, 0.2) is 42.5 Å². The average Bonchev–Trinajstić information content (AvgIpc) is 2.78. The quantitative estimate of drug-likeness (QED) is 0.731. The smallest absolute Gasteiger partial charge is 0.168 e. The number of ketones is 1. The van der Waals surface area contributed by atoms with Crippen molar-refractivity contribution in [1.82, 2.24) is 0 Å². The van der Waals surface area contributed by atoms with E-state index in [-0.39, 0.29) is 5.78 Å². The fraction of sp³-hybridized carbons (Fsp3) is 0.214. The summed E-state index contributed by atoms with van der Waals surface area (Å²) in [6, 6.07) is 13.6. The van der Waals surface area contributed by atoms with E-state index in [1.54, 1.807) is 11.3 Å². The Morgan fingerprint density at radius 1 is 1.06 bits per heavy atom. The molecular weight excluding hydrogens is 216 g/mol. The molecule has 0 fully saturated rings. The first-order valence-electron chi connectivity index (χ1n) is 5.45. The van der Waals surface area contributed by atoms with Gasteiger partial charge in [0, 0.05) is 21.7 Å². The van der Waals surface area contributed by atoms with E-state index in [1.807, 2.05) is 30.3 Å². The molecule has 0 atom stereocenters. The highest BCUT2D eigenvalue weighted by Gasteiger charge is 2.07. The molecule has 0 spiro atoms. The third-order valence-corrected chi connectivity index (χ3v) is 3.73. The number of carbonyl (C=O) groups excluding carboxylic acids is 1. The maximum atomic E-state index is 11.9. The van der Waals surface area contributed by atoms with Gasteiger partial charge in [-0.2, -0.15) is 0 Å². The second kappa shape index (κ2) is 5.08. The van der Waals surface area contributed by atoms with Crippen LogP contribution in [0.1, 0.15) is 27.0 Å². The minimum absolute atomic E-state index is 0.199. The lowest BCUT2D eigenvalue weighted by Crippen LogP contribution is -2.01. The lowest BCUT2D eigenvalue weighted by Gasteiger charge is -1.98. The number of hydrogen-bond acceptors (Lipinski definition) is 2. The van der Waals surface area contributed by atoms with E-state index in [1.165, 1.54) is 4.88 Å². The molecule has 0 amide bonds. The number of carbonyl (C=O) groups is 1. The van der Waals surface area contributed by atoms with Crippen LogP contribution in [0.5, 0.6) is 0 Å². The standard InChI is InChI=1S/C14H14OS/c1-2-12-8-9-13(16-12)10-14(15)11-6-4-3-5-7-11/h3-9H,2,10H2,1H3. The molecule has 1 heterocycles. The summed E-state index contributed by atoms with van der Waals surface area (Å²) < 4.78 is 0. The van der Waals surface area contributed by atoms with Gasteiger partial charge in [0.05, 0.1) is 0 Å². The molecule has 0 aliphatic carbocycles. The van der Waals surface area contributed by atoms with Crippen LogP contribution in [0.2, 0.25) is 0 Å². The number of benzene rings is 1. The number of aryl methyl sites for hydroxylation is 1. The fourth-order valence-corrected chi connectivity index (χ4v) is 2.55. The Hall–Kier alpha value is -1.41. The highest BCUT2D eigenvalue weighted by atomic mass is 32.1. The van der Waals surface area contributed by atoms with Gasteiger partial charge in [-0.3, -0.25) is 4.79 Å². The van der Waals surface area contributed by atoms with Crippen molar-refractivity contribution in [3.63, 3.8) is 0 Å². The summed E-state index contributed by atoms with van der Waals surface area (Å²) in [7, 11) is 0. The van der Waals surface area contributed by atoms with Crippen molar-refractivity contribution in [2.45, 2.75) is 19.8 Å². The van der Waals surface area contributed by atoms with E-state index >= 15 is 0 Å². The van der Waals surface area contributed by atoms with Gasteiger partial charge in [0.1, 0.15) is 0 Å². The maximum absolute atomic E-state index is 11.9. The second-order valence-corrected chi connectivity index (χ2v) is 4.94. The Morgan fingerprint density at radius 2 is 1.75 bits per heavy atom. The van der Waals surface area contributed by atoms with Crippen LogP contribution in [0, 0.1) is 0 Å². The molecule has 2 heteroatoms. The molecule has 0 unspecified atom stereocenters. The molecule has 2 rings (SSSR count). The van der Waals surface area contributed by atoms with Crippen molar-refractivity contribution >= 4 is 17.1 Å². The van der Waals surface area contributed by atoms with E-state index in [2.05, 4.69) is 19.1 Å². The van der Waals surface area contributed by atoms with Gasteiger partial charge in [-0.1, -0.05) is 37.3 Å². The minimum atomic E-state index is 0.199. The number of rotatable bonds is 4. The SMILES string of the molecule is CCc1ccc(CC(=O)c2ccccc2)s1. The molecule has 0 aliphatic rings. The summed E-state index contributed by atoms with van der Waals surface area (Å²) in [6.45, 7) is 2.13. The molecule has 1 nitrogen and oxygen atoms in total. The van der Waals surface area contributed by atoms with Crippen LogP contribution in [-0.4, -0.2) is 5.78 Å². The zero-order valence-electron chi connectivity index (χ0n) is 9.27. The molecule has 0 radical (unpaired) electrons. The predicted molar refractivity (Wildman–Crippen MR) is 68.2 cm³/mol. The van der Waals surface area contributed by atoms with Crippen molar-refractivity contribution < 1.29 is 4.79 Å². The number of Topliss-reactive ketones (excluding diaryl/α,β-unsaturated/α-hetero) is 1. The third kappa shape index (κ3) is 2.58. The van der Waals surface area contributed by atoms with E-state index in [9.17, 15) is 4.79 Å². The first kappa shape index (κ1) is 11.1. The summed E-state index contributed by atoms with van der Waals surface area (Å²) in [5.41, 5.74) is 0.800. The second-order valence-electron chi connectivity index (χ2n) is 3.69. The largest absolute Gasteiger partial charge is 0.294 e. The normalized spacial score (nSPS) is 10.3. The molecule has 1 aromatic carbocycles. The Labute approximate surface area is 99.8 Å². The van der Waals surface area contributed by atoms with Crippen LogP contribution in [0.25, 0.3) is 0 Å². The highest BCUT2D eigenvalue weighted by molar-refractivity contribution is 7.12. The van der Waals surface area contributed by atoms with Crippen molar-refractivity contribution in [3.05, 3.63) is 57.8 Å². The van der Waals surface area contributed by atoms with Crippen LogP contribution >= 0.6 is 11.3 Å². The molecule has 0 saturated carbocycles. The van der Waals surface area contributed by atoms with E-state index < -0.39 is 0 Å². The predicted octanol–water partition coefficient (Wildman–Crippen LogP) is 3.74. The Bertz CT molecular complexity index is 470. The van der Waals surface area contributed by atoms with Gasteiger partial charge in [-0.25, -0.2) is 0 Å². The Morgan fingerprint density at radius 3 is 2.38 bits per heavy atom. The fourth-order valence-electron chi connectivity index (χ4n) is 1.59. The molecule has 2 aromatic rings. The van der Waals surface area contributed by atoms with Gasteiger partial charge < -0.3 is 0 Å². The zero-order valence-corrected chi connectivity index (χ0v) is 10.1. The third-order valence-electron chi connectivity index (χ3n) is 2.50. The van der Waals surface area contributed by atoms with Crippen molar-refractivity contribution in [2.75, 3.05) is 0 Å². The molecule has 16 heavy (non-hydrogen) atoms. The molecule has 1 aromatic heterocycles. The molecule has 0 aliphatic heterocycles. The molecule has 82 valence electrons. The van der Waals surface area contributed by atoms with E-state index in [0.717, 1.165) is 16.9 Å². The highest BCUT2D eigenvalue weighted by Crippen LogP contribution is 2.18. The Kier molecular flexibility index (Phi) is 3.52. The lowest BCUT2D eigenvalue weighted by atomic mass is 10.1. The van der Waals surface area contributed by atoms with Gasteiger partial charge in [0.25, 0.3) is 0 Å². The zero-order chi connectivity index (χ0) is 11.4. The first-order valence-corrected chi connectivity index (χ1v) is 6.27. The average molecular weight is 230 g/mol. The topological polar surface area (TPSA) is 17.1 Å². The molecular formula is C14H14OS. The van der Waals surface area contributed by atoms with Gasteiger partial charge >= 0.3 is 0 Å². The summed E-state index contributed by atoms with van der Waals surface area (Å²) in [4.78, 5) is 14.4. The summed E-state index contributed by atoms with van der Waals surface area (Å²) in [5, 5.41) is 0. The van der Waals surface area contributed by atoms with Gasteiger partial charge in [-0.15, -0.1) is 11.3 Å².